The summed E-state index contributed by atoms with van der Waals surface area (Å²) >= 11 is 0. The summed E-state index contributed by atoms with van der Waals surface area (Å²) in [5.74, 6) is -0.864. The van der Waals surface area contributed by atoms with Gasteiger partial charge in [0, 0.05) is 23.5 Å². The van der Waals surface area contributed by atoms with Crippen molar-refractivity contribution in [2.75, 3.05) is 0 Å². The van der Waals surface area contributed by atoms with Gasteiger partial charge in [-0.05, 0) is 92.6 Å². The molecule has 2 heterocycles. The van der Waals surface area contributed by atoms with E-state index in [4.69, 9.17) is 9.47 Å². The monoisotopic (exact) mass is 494 g/mol. The molecule has 0 amide bonds. The lowest BCUT2D eigenvalue weighted by Crippen LogP contribution is -2.42. The van der Waals surface area contributed by atoms with Crippen LogP contribution >= 0.6 is 0 Å². The Hall–Kier alpha value is -2.44. The SMILES string of the molecule is C=C1C(C(C)C2OC(=O)C(C)=CC2O)=CCC2(C)C1CC1(O)C=C3C=CC(=O)OC(C)(C)C3CCC12. The summed E-state index contributed by atoms with van der Waals surface area (Å²) in [6.45, 7) is 14.3. The number of carbonyl (C=O) groups is 2. The highest BCUT2D eigenvalue weighted by Gasteiger charge is 2.61. The molecule has 0 aromatic rings. The number of esters is 2. The third-order valence-corrected chi connectivity index (χ3v) is 9.76. The number of fused-ring (bicyclic) bond motifs is 4. The van der Waals surface area contributed by atoms with Gasteiger partial charge in [-0.2, -0.15) is 0 Å². The summed E-state index contributed by atoms with van der Waals surface area (Å²) in [7, 11) is 0. The summed E-state index contributed by atoms with van der Waals surface area (Å²) < 4.78 is 11.3. The van der Waals surface area contributed by atoms with Crippen LogP contribution in [0.25, 0.3) is 0 Å². The Balaban J connectivity index is 1.46. The zero-order valence-corrected chi connectivity index (χ0v) is 21.9. The van der Waals surface area contributed by atoms with E-state index < -0.39 is 29.4 Å². The molecule has 0 aromatic carbocycles. The molecular weight excluding hydrogens is 456 g/mol. The van der Waals surface area contributed by atoms with Gasteiger partial charge in [0.1, 0.15) is 17.8 Å². The smallest absolute Gasteiger partial charge is 0.333 e. The first kappa shape index (κ1) is 25.2. The normalized spacial score (nSPS) is 42.4. The van der Waals surface area contributed by atoms with Crippen LogP contribution in [-0.2, 0) is 19.1 Å². The van der Waals surface area contributed by atoms with E-state index >= 15 is 0 Å². The molecule has 2 aliphatic heterocycles. The molecule has 194 valence electrons. The maximum Gasteiger partial charge on any atom is 0.333 e. The van der Waals surface area contributed by atoms with Gasteiger partial charge < -0.3 is 19.7 Å². The Bertz CT molecular complexity index is 1140. The summed E-state index contributed by atoms with van der Waals surface area (Å²) in [5, 5.41) is 22.8. The third kappa shape index (κ3) is 3.76. The zero-order chi connectivity index (χ0) is 26.2. The third-order valence-electron chi connectivity index (χ3n) is 9.76. The van der Waals surface area contributed by atoms with E-state index in [1.807, 2.05) is 32.9 Å². The van der Waals surface area contributed by atoms with Gasteiger partial charge in [-0.3, -0.25) is 0 Å². The Morgan fingerprint density at radius 1 is 1.14 bits per heavy atom. The van der Waals surface area contributed by atoms with Crippen LogP contribution in [-0.4, -0.2) is 45.6 Å². The molecule has 0 bridgehead atoms. The first-order chi connectivity index (χ1) is 16.8. The van der Waals surface area contributed by atoms with E-state index in [2.05, 4.69) is 19.6 Å². The largest absolute Gasteiger partial charge is 0.456 e. The van der Waals surface area contributed by atoms with Gasteiger partial charge >= 0.3 is 11.9 Å². The van der Waals surface area contributed by atoms with Gasteiger partial charge in [-0.25, -0.2) is 9.59 Å². The van der Waals surface area contributed by atoms with Crippen molar-refractivity contribution in [3.05, 3.63) is 59.3 Å². The molecule has 8 atom stereocenters. The van der Waals surface area contributed by atoms with Crippen molar-refractivity contribution in [3.63, 3.8) is 0 Å². The lowest BCUT2D eigenvalue weighted by atomic mass is 9.61. The fraction of sp³-hybridized carbons (Fsp3) is 0.600. The van der Waals surface area contributed by atoms with Crippen LogP contribution in [0.1, 0.15) is 60.3 Å². The van der Waals surface area contributed by atoms with E-state index in [0.717, 1.165) is 36.0 Å². The van der Waals surface area contributed by atoms with E-state index in [9.17, 15) is 19.8 Å². The van der Waals surface area contributed by atoms with Crippen molar-refractivity contribution in [3.8, 4) is 0 Å². The lowest BCUT2D eigenvalue weighted by Gasteiger charge is -2.44. The molecule has 0 saturated heterocycles. The predicted molar refractivity (Wildman–Crippen MR) is 135 cm³/mol. The number of rotatable bonds is 2. The van der Waals surface area contributed by atoms with Gasteiger partial charge in [-0.15, -0.1) is 0 Å². The minimum absolute atomic E-state index is 0.0220. The fourth-order valence-electron chi connectivity index (χ4n) is 7.81. The molecular formula is C30H38O6. The molecule has 5 rings (SSSR count). The second-order valence-corrected chi connectivity index (χ2v) is 12.3. The van der Waals surface area contributed by atoms with Crippen LogP contribution in [0.2, 0.25) is 0 Å². The Morgan fingerprint density at radius 2 is 1.86 bits per heavy atom. The van der Waals surface area contributed by atoms with Crippen molar-refractivity contribution >= 4 is 11.9 Å². The van der Waals surface area contributed by atoms with E-state index in [1.54, 1.807) is 13.0 Å². The van der Waals surface area contributed by atoms with Crippen molar-refractivity contribution in [2.45, 2.75) is 83.7 Å². The van der Waals surface area contributed by atoms with Crippen LogP contribution in [0.15, 0.2) is 59.3 Å². The molecule has 0 spiro atoms. The molecule has 6 heteroatoms. The van der Waals surface area contributed by atoms with Crippen LogP contribution in [0.5, 0.6) is 0 Å². The number of cyclic esters (lactones) is 2. The highest BCUT2D eigenvalue weighted by molar-refractivity contribution is 5.89. The molecule has 2 N–H and O–H groups in total. The maximum absolute atomic E-state index is 12.2. The van der Waals surface area contributed by atoms with Crippen LogP contribution < -0.4 is 0 Å². The quantitative estimate of drug-likeness (QED) is 0.555. The Kier molecular flexibility index (Phi) is 5.80. The number of aliphatic hydroxyl groups is 2. The number of ether oxygens (including phenoxy) is 2. The van der Waals surface area contributed by atoms with Gasteiger partial charge in [0.05, 0.1) is 5.60 Å². The number of aliphatic hydroxyl groups excluding tert-OH is 1. The number of allylic oxidation sites excluding steroid dienone is 3. The van der Waals surface area contributed by atoms with Crippen molar-refractivity contribution in [1.29, 1.82) is 0 Å². The molecule has 0 aromatic heterocycles. The second kappa shape index (κ2) is 8.29. The van der Waals surface area contributed by atoms with Crippen molar-refractivity contribution < 1.29 is 29.3 Å². The van der Waals surface area contributed by atoms with Gasteiger partial charge in [-0.1, -0.05) is 32.6 Å². The second-order valence-electron chi connectivity index (χ2n) is 12.3. The Labute approximate surface area is 213 Å². The number of hydrogen-bond acceptors (Lipinski definition) is 6. The highest BCUT2D eigenvalue weighted by atomic mass is 16.6. The minimum Gasteiger partial charge on any atom is -0.456 e. The fourth-order valence-corrected chi connectivity index (χ4v) is 7.81. The van der Waals surface area contributed by atoms with Gasteiger partial charge in [0.25, 0.3) is 0 Å². The molecule has 36 heavy (non-hydrogen) atoms. The summed E-state index contributed by atoms with van der Waals surface area (Å²) in [6, 6.07) is 0. The van der Waals surface area contributed by atoms with Gasteiger partial charge in [0.15, 0.2) is 0 Å². The topological polar surface area (TPSA) is 93.1 Å². The number of carbonyl (C=O) groups excluding carboxylic acids is 2. The summed E-state index contributed by atoms with van der Waals surface area (Å²) in [4.78, 5) is 24.3. The summed E-state index contributed by atoms with van der Waals surface area (Å²) in [5.41, 5.74) is 1.49. The zero-order valence-electron chi connectivity index (χ0n) is 21.9. The first-order valence-electron chi connectivity index (χ1n) is 13.1. The molecule has 1 fully saturated rings. The van der Waals surface area contributed by atoms with Crippen molar-refractivity contribution in [2.24, 2.45) is 29.1 Å². The van der Waals surface area contributed by atoms with Crippen molar-refractivity contribution in [1.82, 2.24) is 0 Å². The molecule has 1 saturated carbocycles. The molecule has 0 radical (unpaired) electrons. The average Bonchev–Trinajstić information content (AvgIpc) is 2.87. The van der Waals surface area contributed by atoms with Crippen LogP contribution in [0, 0.1) is 29.1 Å². The number of hydrogen-bond donors (Lipinski definition) is 2. The van der Waals surface area contributed by atoms with E-state index in [1.165, 1.54) is 6.08 Å². The van der Waals surface area contributed by atoms with Crippen LogP contribution in [0.4, 0.5) is 0 Å². The van der Waals surface area contributed by atoms with Crippen LogP contribution in [0.3, 0.4) is 0 Å². The molecule has 3 aliphatic carbocycles. The lowest BCUT2D eigenvalue weighted by molar-refractivity contribution is -0.154. The maximum atomic E-state index is 12.2. The molecule has 6 nitrogen and oxygen atoms in total. The van der Waals surface area contributed by atoms with E-state index in [0.29, 0.717) is 12.0 Å². The average molecular weight is 495 g/mol. The van der Waals surface area contributed by atoms with E-state index in [-0.39, 0.29) is 35.1 Å². The van der Waals surface area contributed by atoms with Gasteiger partial charge in [0.2, 0.25) is 0 Å². The minimum atomic E-state index is -1.02. The molecule has 8 unspecified atom stereocenters. The Morgan fingerprint density at radius 3 is 2.58 bits per heavy atom. The standard InChI is InChI=1S/C30H38O6/c1-16-13-23(31)26(35-27(16)33)18(3)20-11-12-29(6)22(17(20)2)15-30(34)14-19-7-10-25(32)36-28(4,5)21(19)8-9-24(29)30/h7,10-11,13-14,18,21-24,26,31,34H,2,8-9,12,15H2,1,3-6H3. The first-order valence-corrected chi connectivity index (χ1v) is 13.1. The molecule has 5 aliphatic rings. The summed E-state index contributed by atoms with van der Waals surface area (Å²) in [6.07, 6.45) is 10.5. The highest BCUT2D eigenvalue weighted by Crippen LogP contribution is 2.64. The predicted octanol–water partition coefficient (Wildman–Crippen LogP) is 4.34.